The van der Waals surface area contributed by atoms with E-state index < -0.39 is 11.6 Å². The maximum atomic E-state index is 13.2. The summed E-state index contributed by atoms with van der Waals surface area (Å²) in [6, 6.07) is 2.53. The van der Waals surface area contributed by atoms with E-state index in [1.165, 1.54) is 12.1 Å². The summed E-state index contributed by atoms with van der Waals surface area (Å²) < 4.78 is 31.3. The molecule has 1 fully saturated rings. The van der Waals surface area contributed by atoms with Crippen LogP contribution < -0.4 is 0 Å². The van der Waals surface area contributed by atoms with Gasteiger partial charge in [0.2, 0.25) is 0 Å². The minimum Gasteiger partial charge on any atom is -0.466 e. The van der Waals surface area contributed by atoms with Crippen LogP contribution in [0.4, 0.5) is 8.78 Å². The zero-order valence-corrected chi connectivity index (χ0v) is 10.1. The number of ether oxygens (including phenoxy) is 1. The van der Waals surface area contributed by atoms with Crippen LogP contribution in [-0.2, 0) is 22.4 Å². The van der Waals surface area contributed by atoms with Gasteiger partial charge in [0, 0.05) is 0 Å². The molecule has 1 saturated carbocycles. The van der Waals surface area contributed by atoms with E-state index in [0.29, 0.717) is 19.4 Å². The molecule has 18 heavy (non-hydrogen) atoms. The number of fused-ring (bicyclic) bond motifs is 1. The first kappa shape index (κ1) is 11.6. The van der Waals surface area contributed by atoms with Gasteiger partial charge in [0.05, 0.1) is 12.5 Å². The summed E-state index contributed by atoms with van der Waals surface area (Å²) in [6.45, 7) is 2.16. The second kappa shape index (κ2) is 3.77. The maximum absolute atomic E-state index is 13.2. The molecule has 1 atom stereocenters. The molecule has 1 aromatic carbocycles. The van der Waals surface area contributed by atoms with E-state index in [-0.39, 0.29) is 17.3 Å². The van der Waals surface area contributed by atoms with Crippen molar-refractivity contribution in [2.24, 2.45) is 11.3 Å². The van der Waals surface area contributed by atoms with Gasteiger partial charge in [-0.1, -0.05) is 0 Å². The van der Waals surface area contributed by atoms with E-state index in [1.54, 1.807) is 6.92 Å². The topological polar surface area (TPSA) is 26.3 Å². The molecule has 0 amide bonds. The number of esters is 1. The van der Waals surface area contributed by atoms with Crippen molar-refractivity contribution in [3.63, 3.8) is 0 Å². The molecular weight excluding hydrogens is 238 g/mol. The zero-order valence-electron chi connectivity index (χ0n) is 10.1. The van der Waals surface area contributed by atoms with Crippen molar-refractivity contribution < 1.29 is 18.3 Å². The lowest BCUT2D eigenvalue weighted by Crippen LogP contribution is -2.14. The third kappa shape index (κ3) is 1.62. The lowest BCUT2D eigenvalue weighted by Gasteiger charge is -2.07. The van der Waals surface area contributed by atoms with Gasteiger partial charge in [-0.15, -0.1) is 0 Å². The van der Waals surface area contributed by atoms with E-state index in [1.807, 2.05) is 0 Å². The Hall–Kier alpha value is -1.45. The Morgan fingerprint density at radius 3 is 2.39 bits per heavy atom. The van der Waals surface area contributed by atoms with Gasteiger partial charge >= 0.3 is 5.97 Å². The predicted octanol–water partition coefficient (Wildman–Crippen LogP) is 2.63. The molecule has 0 bridgehead atoms. The van der Waals surface area contributed by atoms with Gasteiger partial charge < -0.3 is 4.74 Å². The number of hydrogen-bond donors (Lipinski definition) is 0. The van der Waals surface area contributed by atoms with Crippen LogP contribution in [0.15, 0.2) is 12.1 Å². The van der Waals surface area contributed by atoms with Crippen molar-refractivity contribution in [3.05, 3.63) is 34.9 Å². The van der Waals surface area contributed by atoms with Crippen molar-refractivity contribution in [3.8, 4) is 0 Å². The summed E-state index contributed by atoms with van der Waals surface area (Å²) in [5, 5.41) is 0. The molecule has 0 radical (unpaired) electrons. The molecule has 4 heteroatoms. The molecule has 3 rings (SSSR count). The molecule has 2 nitrogen and oxygen atoms in total. The van der Waals surface area contributed by atoms with Crippen LogP contribution in [0.5, 0.6) is 0 Å². The monoisotopic (exact) mass is 252 g/mol. The third-order valence-electron chi connectivity index (χ3n) is 4.09. The van der Waals surface area contributed by atoms with Crippen molar-refractivity contribution in [1.29, 1.82) is 0 Å². The normalized spacial score (nSPS) is 22.9. The standard InChI is InChI=1S/C14H14F2O2/c1-2-18-13(17)10-7-14(10)5-8-3-11(15)12(16)4-9(8)6-14/h3-4,10H,2,5-7H2,1H3. The van der Waals surface area contributed by atoms with E-state index in [0.717, 1.165) is 17.5 Å². The van der Waals surface area contributed by atoms with Gasteiger partial charge in [-0.3, -0.25) is 4.79 Å². The van der Waals surface area contributed by atoms with E-state index in [4.69, 9.17) is 4.74 Å². The highest BCUT2D eigenvalue weighted by molar-refractivity contribution is 5.77. The van der Waals surface area contributed by atoms with Gasteiger partial charge in [0.15, 0.2) is 11.6 Å². The Balaban J connectivity index is 1.80. The van der Waals surface area contributed by atoms with Crippen LogP contribution in [0.1, 0.15) is 24.5 Å². The summed E-state index contributed by atoms with van der Waals surface area (Å²) in [5.74, 6) is -1.89. The lowest BCUT2D eigenvalue weighted by molar-refractivity contribution is -0.145. The summed E-state index contributed by atoms with van der Waals surface area (Å²) >= 11 is 0. The van der Waals surface area contributed by atoms with Gasteiger partial charge in [0.25, 0.3) is 0 Å². The van der Waals surface area contributed by atoms with Crippen molar-refractivity contribution >= 4 is 5.97 Å². The second-order valence-electron chi connectivity index (χ2n) is 5.26. The van der Waals surface area contributed by atoms with Gasteiger partial charge in [-0.05, 0) is 54.9 Å². The number of carbonyl (C=O) groups is 1. The Bertz CT molecular complexity index is 494. The molecule has 1 aromatic rings. The van der Waals surface area contributed by atoms with E-state index in [2.05, 4.69) is 0 Å². The molecule has 0 aromatic heterocycles. The largest absolute Gasteiger partial charge is 0.466 e. The highest BCUT2D eigenvalue weighted by Crippen LogP contribution is 2.61. The van der Waals surface area contributed by atoms with Gasteiger partial charge in [0.1, 0.15) is 0 Å². The summed E-state index contributed by atoms with van der Waals surface area (Å²) in [7, 11) is 0. The van der Waals surface area contributed by atoms with Crippen LogP contribution in [0, 0.1) is 23.0 Å². The number of benzene rings is 1. The fourth-order valence-corrected chi connectivity index (χ4v) is 3.09. The Kier molecular flexibility index (Phi) is 2.44. The number of rotatable bonds is 2. The van der Waals surface area contributed by atoms with Gasteiger partial charge in [-0.2, -0.15) is 0 Å². The van der Waals surface area contributed by atoms with Crippen LogP contribution >= 0.6 is 0 Å². The average Bonchev–Trinajstić information content (AvgIpc) is 2.88. The smallest absolute Gasteiger partial charge is 0.309 e. The SMILES string of the molecule is CCOC(=O)C1CC12Cc1cc(F)c(F)cc1C2. The lowest BCUT2D eigenvalue weighted by atomic mass is 10.00. The molecule has 1 spiro atoms. The highest BCUT2D eigenvalue weighted by Gasteiger charge is 2.61. The number of hydrogen-bond acceptors (Lipinski definition) is 2. The van der Waals surface area contributed by atoms with Crippen molar-refractivity contribution in [2.75, 3.05) is 6.61 Å². The predicted molar refractivity (Wildman–Crippen MR) is 60.9 cm³/mol. The molecule has 0 aliphatic heterocycles. The second-order valence-corrected chi connectivity index (χ2v) is 5.26. The molecule has 0 heterocycles. The fourth-order valence-electron chi connectivity index (χ4n) is 3.09. The highest BCUT2D eigenvalue weighted by atomic mass is 19.2. The molecule has 2 aliphatic carbocycles. The van der Waals surface area contributed by atoms with Crippen LogP contribution in [0.2, 0.25) is 0 Å². The summed E-state index contributed by atoms with van der Waals surface area (Å²) in [4.78, 5) is 11.7. The van der Waals surface area contributed by atoms with Crippen molar-refractivity contribution in [2.45, 2.75) is 26.2 Å². The number of halogens is 2. The van der Waals surface area contributed by atoms with Crippen LogP contribution in [0.25, 0.3) is 0 Å². The minimum atomic E-state index is -0.806. The van der Waals surface area contributed by atoms with Crippen LogP contribution in [-0.4, -0.2) is 12.6 Å². The summed E-state index contributed by atoms with van der Waals surface area (Å²) in [6.07, 6.45) is 2.08. The van der Waals surface area contributed by atoms with E-state index in [9.17, 15) is 13.6 Å². The third-order valence-corrected chi connectivity index (χ3v) is 4.09. The first-order chi connectivity index (χ1) is 8.55. The first-order valence-corrected chi connectivity index (χ1v) is 6.19. The van der Waals surface area contributed by atoms with Crippen LogP contribution in [0.3, 0.4) is 0 Å². The molecule has 2 aliphatic rings. The molecule has 0 saturated heterocycles. The molecule has 96 valence electrons. The quantitative estimate of drug-likeness (QED) is 0.756. The maximum Gasteiger partial charge on any atom is 0.309 e. The molecule has 0 N–H and O–H groups in total. The Morgan fingerprint density at radius 1 is 1.33 bits per heavy atom. The fraction of sp³-hybridized carbons (Fsp3) is 0.500. The Morgan fingerprint density at radius 2 is 1.89 bits per heavy atom. The Labute approximate surface area is 104 Å². The van der Waals surface area contributed by atoms with Crippen molar-refractivity contribution in [1.82, 2.24) is 0 Å². The van der Waals surface area contributed by atoms with E-state index >= 15 is 0 Å². The van der Waals surface area contributed by atoms with Gasteiger partial charge in [-0.25, -0.2) is 8.78 Å². The molecule has 1 unspecified atom stereocenters. The minimum absolute atomic E-state index is 0.101. The first-order valence-electron chi connectivity index (χ1n) is 6.19. The summed E-state index contributed by atoms with van der Waals surface area (Å²) in [5.41, 5.74) is 1.54. The molecular formula is C14H14F2O2. The number of carbonyl (C=O) groups excluding carboxylic acids is 1. The average molecular weight is 252 g/mol. The zero-order chi connectivity index (χ0) is 12.9.